The highest BCUT2D eigenvalue weighted by atomic mass is 16.2. The number of hydrogen-bond acceptors (Lipinski definition) is 3. The van der Waals surface area contributed by atoms with Gasteiger partial charge in [0.25, 0.3) is 0 Å². The van der Waals surface area contributed by atoms with Gasteiger partial charge in [-0.1, -0.05) is 38.5 Å². The van der Waals surface area contributed by atoms with Gasteiger partial charge in [0, 0.05) is 24.6 Å². The van der Waals surface area contributed by atoms with E-state index in [1.807, 2.05) is 52.0 Å². The van der Waals surface area contributed by atoms with Gasteiger partial charge in [0.15, 0.2) is 0 Å². The molecule has 134 valence electrons. The van der Waals surface area contributed by atoms with E-state index < -0.39 is 5.41 Å². The van der Waals surface area contributed by atoms with E-state index >= 15 is 0 Å². The third-order valence-corrected chi connectivity index (χ3v) is 6.41. The summed E-state index contributed by atoms with van der Waals surface area (Å²) in [7, 11) is 0. The zero-order valence-corrected chi connectivity index (χ0v) is 15.4. The summed E-state index contributed by atoms with van der Waals surface area (Å²) in [5.74, 6) is -0.561. The Morgan fingerprint density at radius 3 is 2.48 bits per heavy atom. The van der Waals surface area contributed by atoms with Gasteiger partial charge < -0.3 is 5.32 Å². The maximum absolute atomic E-state index is 12.9. The SMILES string of the molecule is Cc1ccc(NC(=O)CCN2C(=O)C3CCC(C)(C2=O)C3(C)C)cc1. The molecule has 1 aliphatic heterocycles. The molecule has 5 heteroatoms. The molecule has 0 aromatic heterocycles. The molecule has 25 heavy (non-hydrogen) atoms. The van der Waals surface area contributed by atoms with Crippen LogP contribution in [0.15, 0.2) is 24.3 Å². The number of fused-ring (bicyclic) bond motifs is 2. The molecule has 2 unspecified atom stereocenters. The zero-order chi connectivity index (χ0) is 18.4. The number of imide groups is 1. The fourth-order valence-corrected chi connectivity index (χ4v) is 4.19. The molecule has 2 aliphatic rings. The molecule has 1 aromatic carbocycles. The lowest BCUT2D eigenvalue weighted by molar-refractivity contribution is -0.167. The number of rotatable bonds is 4. The number of piperidine rings is 1. The maximum atomic E-state index is 12.9. The van der Waals surface area contributed by atoms with Crippen LogP contribution in [0.3, 0.4) is 0 Å². The molecule has 1 heterocycles. The highest BCUT2D eigenvalue weighted by Crippen LogP contribution is 2.59. The van der Waals surface area contributed by atoms with Crippen LogP contribution in [0.1, 0.15) is 45.6 Å². The summed E-state index contributed by atoms with van der Waals surface area (Å²) in [6.45, 7) is 8.12. The minimum Gasteiger partial charge on any atom is -0.326 e. The van der Waals surface area contributed by atoms with Crippen LogP contribution in [-0.4, -0.2) is 29.2 Å². The summed E-state index contributed by atoms with van der Waals surface area (Å²) >= 11 is 0. The number of nitrogens with zero attached hydrogens (tertiary/aromatic N) is 1. The molecular formula is C20H26N2O3. The number of hydrogen-bond donors (Lipinski definition) is 1. The largest absolute Gasteiger partial charge is 0.326 e. The fraction of sp³-hybridized carbons (Fsp3) is 0.550. The number of anilines is 1. The van der Waals surface area contributed by atoms with Crippen molar-refractivity contribution in [2.24, 2.45) is 16.7 Å². The predicted octanol–water partition coefficient (Wildman–Crippen LogP) is 3.13. The number of carbonyl (C=O) groups is 3. The standard InChI is InChI=1S/C20H26N2O3/c1-13-5-7-14(8-6-13)21-16(23)10-12-22-17(24)15-9-11-20(4,18(22)25)19(15,2)3/h5-8,15H,9-12H2,1-4H3,(H,21,23). The van der Waals surface area contributed by atoms with Crippen LogP contribution < -0.4 is 5.32 Å². The van der Waals surface area contributed by atoms with Crippen molar-refractivity contribution in [3.05, 3.63) is 29.8 Å². The van der Waals surface area contributed by atoms with Crippen molar-refractivity contribution in [1.82, 2.24) is 4.90 Å². The van der Waals surface area contributed by atoms with Gasteiger partial charge in [-0.15, -0.1) is 0 Å². The van der Waals surface area contributed by atoms with Crippen molar-refractivity contribution < 1.29 is 14.4 Å². The number of likely N-dealkylation sites (tertiary alicyclic amines) is 1. The second kappa shape index (κ2) is 5.97. The monoisotopic (exact) mass is 342 g/mol. The van der Waals surface area contributed by atoms with Gasteiger partial charge >= 0.3 is 0 Å². The highest BCUT2D eigenvalue weighted by Gasteiger charge is 2.64. The molecule has 1 aromatic rings. The van der Waals surface area contributed by atoms with Crippen LogP contribution >= 0.6 is 0 Å². The Morgan fingerprint density at radius 1 is 1.20 bits per heavy atom. The fourth-order valence-electron chi connectivity index (χ4n) is 4.19. The van der Waals surface area contributed by atoms with Gasteiger partial charge in [-0.3, -0.25) is 19.3 Å². The van der Waals surface area contributed by atoms with Crippen molar-refractivity contribution in [3.63, 3.8) is 0 Å². The molecule has 1 aliphatic carbocycles. The Labute approximate surface area is 148 Å². The van der Waals surface area contributed by atoms with Crippen molar-refractivity contribution >= 4 is 23.4 Å². The first-order valence-corrected chi connectivity index (χ1v) is 8.89. The first-order valence-electron chi connectivity index (χ1n) is 8.89. The van der Waals surface area contributed by atoms with E-state index in [0.717, 1.165) is 24.1 Å². The van der Waals surface area contributed by atoms with Crippen molar-refractivity contribution in [2.45, 2.75) is 47.0 Å². The van der Waals surface area contributed by atoms with Crippen LogP contribution in [0.5, 0.6) is 0 Å². The maximum Gasteiger partial charge on any atom is 0.235 e. The summed E-state index contributed by atoms with van der Waals surface area (Å²) in [6.07, 6.45) is 1.61. The molecule has 2 fully saturated rings. The van der Waals surface area contributed by atoms with Gasteiger partial charge in [0.2, 0.25) is 17.7 Å². The van der Waals surface area contributed by atoms with E-state index in [-0.39, 0.29) is 42.0 Å². The van der Waals surface area contributed by atoms with Crippen LogP contribution in [0, 0.1) is 23.7 Å². The summed E-state index contributed by atoms with van der Waals surface area (Å²) in [5.41, 5.74) is 1.01. The molecule has 1 N–H and O–H groups in total. The highest BCUT2D eigenvalue weighted by molar-refractivity contribution is 6.04. The average molecular weight is 342 g/mol. The molecule has 2 bridgehead atoms. The van der Waals surface area contributed by atoms with E-state index in [0.29, 0.717) is 0 Å². The molecule has 2 atom stereocenters. The van der Waals surface area contributed by atoms with Crippen molar-refractivity contribution in [1.29, 1.82) is 0 Å². The second-order valence-electron chi connectivity index (χ2n) is 8.10. The Morgan fingerprint density at radius 2 is 1.84 bits per heavy atom. The quantitative estimate of drug-likeness (QED) is 0.855. The molecule has 0 spiro atoms. The van der Waals surface area contributed by atoms with E-state index in [9.17, 15) is 14.4 Å². The molecule has 3 rings (SSSR count). The first kappa shape index (κ1) is 17.6. The summed E-state index contributed by atoms with van der Waals surface area (Å²) in [6, 6.07) is 7.53. The lowest BCUT2D eigenvalue weighted by atomic mass is 9.62. The Kier molecular flexibility index (Phi) is 4.21. The number of amides is 3. The molecule has 0 radical (unpaired) electrons. The molecule has 1 saturated heterocycles. The van der Waals surface area contributed by atoms with Gasteiger partial charge in [-0.05, 0) is 37.3 Å². The van der Waals surface area contributed by atoms with Crippen molar-refractivity contribution in [3.8, 4) is 0 Å². The van der Waals surface area contributed by atoms with Gasteiger partial charge in [0.1, 0.15) is 0 Å². The Hall–Kier alpha value is -2.17. The predicted molar refractivity (Wildman–Crippen MR) is 95.8 cm³/mol. The van der Waals surface area contributed by atoms with Crippen LogP contribution in [0.2, 0.25) is 0 Å². The summed E-state index contributed by atoms with van der Waals surface area (Å²) < 4.78 is 0. The topological polar surface area (TPSA) is 66.5 Å². The van der Waals surface area contributed by atoms with E-state index in [1.165, 1.54) is 4.90 Å². The van der Waals surface area contributed by atoms with Crippen LogP contribution in [-0.2, 0) is 14.4 Å². The zero-order valence-electron chi connectivity index (χ0n) is 15.4. The van der Waals surface area contributed by atoms with E-state index in [2.05, 4.69) is 5.32 Å². The number of benzene rings is 1. The van der Waals surface area contributed by atoms with E-state index in [4.69, 9.17) is 0 Å². The molecule has 1 saturated carbocycles. The lowest BCUT2D eigenvalue weighted by Gasteiger charge is -2.47. The minimum absolute atomic E-state index is 0.117. The van der Waals surface area contributed by atoms with Crippen molar-refractivity contribution in [2.75, 3.05) is 11.9 Å². The van der Waals surface area contributed by atoms with Crippen LogP contribution in [0.4, 0.5) is 5.69 Å². The van der Waals surface area contributed by atoms with Gasteiger partial charge in [-0.2, -0.15) is 0 Å². The molecule has 3 amide bonds. The Balaban J connectivity index is 1.65. The molecule has 5 nitrogen and oxygen atoms in total. The number of nitrogens with one attached hydrogen (secondary N) is 1. The normalized spacial score (nSPS) is 27.5. The number of aryl methyl sites for hydroxylation is 1. The summed E-state index contributed by atoms with van der Waals surface area (Å²) in [5, 5.41) is 2.81. The van der Waals surface area contributed by atoms with Gasteiger partial charge in [-0.25, -0.2) is 0 Å². The van der Waals surface area contributed by atoms with Crippen LogP contribution in [0.25, 0.3) is 0 Å². The average Bonchev–Trinajstić information content (AvgIpc) is 2.74. The number of carbonyl (C=O) groups excluding carboxylic acids is 3. The lowest BCUT2D eigenvalue weighted by Crippen LogP contribution is -2.59. The third kappa shape index (κ3) is 2.75. The third-order valence-electron chi connectivity index (χ3n) is 6.41. The Bertz CT molecular complexity index is 723. The van der Waals surface area contributed by atoms with Gasteiger partial charge in [0.05, 0.1) is 5.41 Å². The first-order chi connectivity index (χ1) is 11.7. The minimum atomic E-state index is -0.515. The van der Waals surface area contributed by atoms with E-state index in [1.54, 1.807) is 0 Å². The molecular weight excluding hydrogens is 316 g/mol. The summed E-state index contributed by atoms with van der Waals surface area (Å²) in [4.78, 5) is 39.1. The smallest absolute Gasteiger partial charge is 0.235 e. The second-order valence-corrected chi connectivity index (χ2v) is 8.10.